The van der Waals surface area contributed by atoms with Crippen LogP contribution in [-0.2, 0) is 4.79 Å². The lowest BCUT2D eigenvalue weighted by Crippen LogP contribution is -2.51. The van der Waals surface area contributed by atoms with Gasteiger partial charge in [-0.25, -0.2) is 0 Å². The molecule has 2 N–H and O–H groups in total. The fourth-order valence-corrected chi connectivity index (χ4v) is 3.73. The van der Waals surface area contributed by atoms with Crippen LogP contribution in [0.2, 0.25) is 0 Å². The van der Waals surface area contributed by atoms with Crippen molar-refractivity contribution in [1.29, 1.82) is 0 Å². The molecule has 0 bridgehead atoms. The van der Waals surface area contributed by atoms with Crippen molar-refractivity contribution in [2.45, 2.75) is 58.5 Å². The van der Waals surface area contributed by atoms with Crippen molar-refractivity contribution < 1.29 is 9.59 Å². The molecule has 0 aromatic carbocycles. The number of rotatable bonds is 5. The number of hydrogen-bond acceptors (Lipinski definition) is 4. The molecule has 6 heteroatoms. The highest BCUT2D eigenvalue weighted by Gasteiger charge is 2.22. The standard InChI is InChI=1S/C16H24N2O2S.ClH/c1-10-9-13(12(3)21-10)15(19)6-7-16(20)18-14-5-4-8-17-11(14)2;/h9,11,14,17H,4-8H2,1-3H3,(H,18,20);1H. The summed E-state index contributed by atoms with van der Waals surface area (Å²) < 4.78 is 0. The van der Waals surface area contributed by atoms with Crippen LogP contribution < -0.4 is 10.6 Å². The number of hydrogen-bond donors (Lipinski definition) is 2. The summed E-state index contributed by atoms with van der Waals surface area (Å²) >= 11 is 1.63. The Morgan fingerprint density at radius 1 is 1.36 bits per heavy atom. The molecule has 1 aromatic heterocycles. The van der Waals surface area contributed by atoms with E-state index >= 15 is 0 Å². The highest BCUT2D eigenvalue weighted by Crippen LogP contribution is 2.22. The topological polar surface area (TPSA) is 58.2 Å². The summed E-state index contributed by atoms with van der Waals surface area (Å²) in [7, 11) is 0. The Morgan fingerprint density at radius 2 is 2.09 bits per heavy atom. The molecule has 4 nitrogen and oxygen atoms in total. The summed E-state index contributed by atoms with van der Waals surface area (Å²) in [5, 5.41) is 6.40. The fourth-order valence-electron chi connectivity index (χ4n) is 2.79. The van der Waals surface area contributed by atoms with Crippen LogP contribution >= 0.6 is 23.7 Å². The molecular formula is C16H25ClN2O2S. The van der Waals surface area contributed by atoms with Gasteiger partial charge < -0.3 is 10.6 Å². The normalized spacial score (nSPS) is 21.0. The number of ketones is 1. The maximum Gasteiger partial charge on any atom is 0.220 e. The number of thiophene rings is 1. The summed E-state index contributed by atoms with van der Waals surface area (Å²) in [6.45, 7) is 7.06. The van der Waals surface area contributed by atoms with Crippen molar-refractivity contribution in [1.82, 2.24) is 10.6 Å². The molecule has 124 valence electrons. The molecule has 0 spiro atoms. The molecule has 1 aliphatic rings. The molecule has 1 saturated heterocycles. The Balaban J connectivity index is 0.00000242. The maximum absolute atomic E-state index is 12.2. The molecule has 2 unspecified atom stereocenters. The smallest absolute Gasteiger partial charge is 0.220 e. The van der Waals surface area contributed by atoms with Gasteiger partial charge in [-0.15, -0.1) is 23.7 Å². The second kappa shape index (κ2) is 8.65. The summed E-state index contributed by atoms with van der Waals surface area (Å²) in [5.41, 5.74) is 0.776. The number of piperidine rings is 1. The van der Waals surface area contributed by atoms with Gasteiger partial charge in [-0.1, -0.05) is 0 Å². The first-order chi connectivity index (χ1) is 9.97. The average Bonchev–Trinajstić information content (AvgIpc) is 2.78. The van der Waals surface area contributed by atoms with Crippen LogP contribution in [0.25, 0.3) is 0 Å². The van der Waals surface area contributed by atoms with Crippen LogP contribution in [-0.4, -0.2) is 30.3 Å². The van der Waals surface area contributed by atoms with Crippen LogP contribution in [0.4, 0.5) is 0 Å². The zero-order valence-corrected chi connectivity index (χ0v) is 15.0. The van der Waals surface area contributed by atoms with Gasteiger partial charge in [0.25, 0.3) is 0 Å². The van der Waals surface area contributed by atoms with E-state index in [0.717, 1.165) is 34.7 Å². The number of Topliss-reactive ketones (excluding diaryl/α,β-unsaturated/α-hetero) is 1. The molecule has 1 amide bonds. The molecule has 2 heterocycles. The minimum absolute atomic E-state index is 0. The Labute approximate surface area is 142 Å². The molecule has 1 fully saturated rings. The number of carbonyl (C=O) groups is 2. The summed E-state index contributed by atoms with van der Waals surface area (Å²) in [6, 6.07) is 2.42. The van der Waals surface area contributed by atoms with Crippen LogP contribution in [0.1, 0.15) is 52.7 Å². The minimum Gasteiger partial charge on any atom is -0.352 e. The van der Waals surface area contributed by atoms with Gasteiger partial charge in [0.15, 0.2) is 5.78 Å². The van der Waals surface area contributed by atoms with Gasteiger partial charge in [-0.3, -0.25) is 9.59 Å². The van der Waals surface area contributed by atoms with Crippen molar-refractivity contribution in [3.8, 4) is 0 Å². The second-order valence-corrected chi connectivity index (χ2v) is 7.27. The first-order valence-electron chi connectivity index (χ1n) is 7.60. The Morgan fingerprint density at radius 3 is 2.68 bits per heavy atom. The van der Waals surface area contributed by atoms with Gasteiger partial charge in [-0.2, -0.15) is 0 Å². The number of amides is 1. The molecular weight excluding hydrogens is 320 g/mol. The largest absolute Gasteiger partial charge is 0.352 e. The first kappa shape index (κ1) is 19.1. The molecule has 0 saturated carbocycles. The number of nitrogens with one attached hydrogen (secondary N) is 2. The molecule has 0 aliphatic carbocycles. The van der Waals surface area contributed by atoms with Crippen LogP contribution in [0.3, 0.4) is 0 Å². The van der Waals surface area contributed by atoms with E-state index in [2.05, 4.69) is 17.6 Å². The van der Waals surface area contributed by atoms with Gasteiger partial charge in [-0.05, 0) is 46.2 Å². The average molecular weight is 345 g/mol. The quantitative estimate of drug-likeness (QED) is 0.807. The third-order valence-corrected chi connectivity index (χ3v) is 4.99. The molecule has 1 aromatic rings. The molecule has 2 rings (SSSR count). The van der Waals surface area contributed by atoms with Gasteiger partial charge in [0.1, 0.15) is 0 Å². The fraction of sp³-hybridized carbons (Fsp3) is 0.625. The second-order valence-electron chi connectivity index (χ2n) is 5.81. The van der Waals surface area contributed by atoms with Gasteiger partial charge in [0.05, 0.1) is 0 Å². The number of carbonyl (C=O) groups excluding carboxylic acids is 2. The zero-order chi connectivity index (χ0) is 15.4. The van der Waals surface area contributed by atoms with Crippen molar-refractivity contribution >= 4 is 35.4 Å². The van der Waals surface area contributed by atoms with Crippen LogP contribution in [0.15, 0.2) is 6.07 Å². The van der Waals surface area contributed by atoms with Crippen LogP contribution in [0, 0.1) is 13.8 Å². The summed E-state index contributed by atoms with van der Waals surface area (Å²) in [6.07, 6.45) is 2.66. The summed E-state index contributed by atoms with van der Waals surface area (Å²) in [4.78, 5) is 26.3. The van der Waals surface area contributed by atoms with E-state index in [1.807, 2.05) is 19.9 Å². The third kappa shape index (κ3) is 5.07. The predicted octanol–water partition coefficient (Wildman–Crippen LogP) is 3.01. The lowest BCUT2D eigenvalue weighted by molar-refractivity contribution is -0.122. The summed E-state index contributed by atoms with van der Waals surface area (Å²) in [5.74, 6) is 0.0512. The molecule has 2 atom stereocenters. The Bertz CT molecular complexity index is 530. The Hall–Kier alpha value is -0.910. The van der Waals surface area contributed by atoms with E-state index in [1.54, 1.807) is 11.3 Å². The molecule has 1 aliphatic heterocycles. The number of halogens is 1. The zero-order valence-electron chi connectivity index (χ0n) is 13.4. The van der Waals surface area contributed by atoms with Gasteiger partial charge in [0.2, 0.25) is 5.91 Å². The van der Waals surface area contributed by atoms with Crippen molar-refractivity contribution in [2.24, 2.45) is 0 Å². The van der Waals surface area contributed by atoms with E-state index in [0.29, 0.717) is 6.04 Å². The highest BCUT2D eigenvalue weighted by molar-refractivity contribution is 7.12. The van der Waals surface area contributed by atoms with E-state index in [9.17, 15) is 9.59 Å². The van der Waals surface area contributed by atoms with Crippen LogP contribution in [0.5, 0.6) is 0 Å². The van der Waals surface area contributed by atoms with E-state index in [-0.39, 0.29) is 43.0 Å². The van der Waals surface area contributed by atoms with Crippen molar-refractivity contribution in [3.63, 3.8) is 0 Å². The van der Waals surface area contributed by atoms with Crippen molar-refractivity contribution in [3.05, 3.63) is 21.4 Å². The van der Waals surface area contributed by atoms with Gasteiger partial charge in [0, 0.05) is 40.2 Å². The number of aryl methyl sites for hydroxylation is 2. The monoisotopic (exact) mass is 344 g/mol. The predicted molar refractivity (Wildman–Crippen MR) is 93.2 cm³/mol. The molecule has 0 radical (unpaired) electrons. The molecule has 22 heavy (non-hydrogen) atoms. The Kier molecular flexibility index (Phi) is 7.53. The first-order valence-corrected chi connectivity index (χ1v) is 8.42. The highest BCUT2D eigenvalue weighted by atomic mass is 35.5. The minimum atomic E-state index is -0.0199. The van der Waals surface area contributed by atoms with Gasteiger partial charge >= 0.3 is 0 Å². The third-order valence-electron chi connectivity index (χ3n) is 4.03. The maximum atomic E-state index is 12.2. The lowest BCUT2D eigenvalue weighted by Gasteiger charge is -2.30. The van der Waals surface area contributed by atoms with Crippen molar-refractivity contribution in [2.75, 3.05) is 6.54 Å². The lowest BCUT2D eigenvalue weighted by atomic mass is 9.99. The SMILES string of the molecule is Cc1cc(C(=O)CCC(=O)NC2CCCNC2C)c(C)s1.Cl. The van der Waals surface area contributed by atoms with E-state index < -0.39 is 0 Å². The van der Waals surface area contributed by atoms with E-state index in [4.69, 9.17) is 0 Å². The van der Waals surface area contributed by atoms with E-state index in [1.165, 1.54) is 0 Å².